The Kier molecular flexibility index (Phi) is 5.90. The van der Waals surface area contributed by atoms with Crippen LogP contribution in [0, 0.1) is 0 Å². The average molecular weight is 550 g/mol. The molecule has 1 saturated heterocycles. The fourth-order valence-electron chi connectivity index (χ4n) is 6.75. The fourth-order valence-corrected chi connectivity index (χ4v) is 6.75. The number of ether oxygens (including phenoxy) is 3. The second-order valence-electron chi connectivity index (χ2n) is 11.0. The van der Waals surface area contributed by atoms with Gasteiger partial charge in [-0.15, -0.1) is 0 Å². The van der Waals surface area contributed by atoms with Crippen molar-refractivity contribution in [2.75, 3.05) is 38.3 Å². The van der Waals surface area contributed by atoms with Gasteiger partial charge in [0, 0.05) is 35.3 Å². The molecule has 0 radical (unpaired) electrons. The van der Waals surface area contributed by atoms with E-state index in [1.807, 2.05) is 0 Å². The zero-order valence-electron chi connectivity index (χ0n) is 23.5. The molecular weight excluding hydrogens is 518 g/mol. The molecule has 0 bridgehead atoms. The molecule has 1 fully saturated rings. The van der Waals surface area contributed by atoms with Crippen LogP contribution in [0.3, 0.4) is 0 Å². The lowest BCUT2D eigenvalue weighted by Gasteiger charge is -2.37. The van der Waals surface area contributed by atoms with Gasteiger partial charge in [0.2, 0.25) is 0 Å². The number of anilines is 1. The lowest BCUT2D eigenvalue weighted by atomic mass is 9.82. The SMILES string of the molecule is COc1cc2c3ccccc3c3ccccc3c2c2c1C=CC(c1ccccc1)(c1ccc(N3CCOCC3)cc1)O2. The first-order chi connectivity index (χ1) is 20.8. The van der Waals surface area contributed by atoms with E-state index in [2.05, 4.69) is 126 Å². The van der Waals surface area contributed by atoms with E-state index >= 15 is 0 Å². The highest BCUT2D eigenvalue weighted by Crippen LogP contribution is 2.51. The summed E-state index contributed by atoms with van der Waals surface area (Å²) in [6, 6.07) is 38.8. The minimum Gasteiger partial charge on any atom is -0.496 e. The Hall–Kier alpha value is -4.80. The minimum absolute atomic E-state index is 0.760. The molecule has 2 aliphatic heterocycles. The van der Waals surface area contributed by atoms with Crippen molar-refractivity contribution in [2.24, 2.45) is 0 Å². The molecule has 2 aliphatic rings. The molecular formula is C38H31NO3. The summed E-state index contributed by atoms with van der Waals surface area (Å²) >= 11 is 0. The minimum atomic E-state index is -0.816. The molecule has 2 heterocycles. The topological polar surface area (TPSA) is 30.9 Å². The first-order valence-corrected chi connectivity index (χ1v) is 14.6. The summed E-state index contributed by atoms with van der Waals surface area (Å²) < 4.78 is 19.0. The molecule has 8 rings (SSSR count). The van der Waals surface area contributed by atoms with E-state index in [0.29, 0.717) is 0 Å². The van der Waals surface area contributed by atoms with Gasteiger partial charge in [-0.05, 0) is 57.3 Å². The van der Waals surface area contributed by atoms with E-state index in [4.69, 9.17) is 14.2 Å². The molecule has 6 aromatic rings. The van der Waals surface area contributed by atoms with Gasteiger partial charge in [0.05, 0.1) is 25.9 Å². The van der Waals surface area contributed by atoms with Gasteiger partial charge in [0.25, 0.3) is 0 Å². The second-order valence-corrected chi connectivity index (χ2v) is 11.0. The van der Waals surface area contributed by atoms with Gasteiger partial charge in [-0.25, -0.2) is 0 Å². The van der Waals surface area contributed by atoms with Gasteiger partial charge in [-0.1, -0.05) is 91.0 Å². The largest absolute Gasteiger partial charge is 0.496 e. The van der Waals surface area contributed by atoms with Crippen LogP contribution < -0.4 is 14.4 Å². The fraction of sp³-hybridized carbons (Fsp3) is 0.158. The summed E-state index contributed by atoms with van der Waals surface area (Å²) in [4.78, 5) is 2.38. The first-order valence-electron chi connectivity index (χ1n) is 14.6. The highest BCUT2D eigenvalue weighted by molar-refractivity contribution is 6.27. The van der Waals surface area contributed by atoms with Crippen molar-refractivity contribution in [2.45, 2.75) is 5.60 Å². The number of morpholine rings is 1. The predicted octanol–water partition coefficient (Wildman–Crippen LogP) is 8.34. The first kappa shape index (κ1) is 25.0. The maximum Gasteiger partial charge on any atom is 0.178 e. The van der Waals surface area contributed by atoms with Gasteiger partial charge in [-0.3, -0.25) is 0 Å². The molecule has 4 nitrogen and oxygen atoms in total. The van der Waals surface area contributed by atoms with Crippen molar-refractivity contribution < 1.29 is 14.2 Å². The van der Waals surface area contributed by atoms with Gasteiger partial charge in [-0.2, -0.15) is 0 Å². The summed E-state index contributed by atoms with van der Waals surface area (Å²) in [7, 11) is 1.74. The average Bonchev–Trinajstić information content (AvgIpc) is 3.08. The van der Waals surface area contributed by atoms with Crippen LogP contribution in [0.25, 0.3) is 38.4 Å². The van der Waals surface area contributed by atoms with Crippen molar-refractivity contribution in [1.82, 2.24) is 0 Å². The van der Waals surface area contributed by atoms with E-state index < -0.39 is 5.60 Å². The van der Waals surface area contributed by atoms with Gasteiger partial charge in [0.1, 0.15) is 11.5 Å². The summed E-state index contributed by atoms with van der Waals surface area (Å²) in [5, 5.41) is 7.03. The predicted molar refractivity (Wildman–Crippen MR) is 172 cm³/mol. The third-order valence-corrected chi connectivity index (χ3v) is 8.83. The Morgan fingerprint density at radius 3 is 1.95 bits per heavy atom. The highest BCUT2D eigenvalue weighted by atomic mass is 16.5. The lowest BCUT2D eigenvalue weighted by molar-refractivity contribution is 0.122. The van der Waals surface area contributed by atoms with Crippen LogP contribution in [0.4, 0.5) is 5.69 Å². The Morgan fingerprint density at radius 1 is 0.667 bits per heavy atom. The van der Waals surface area contributed by atoms with Crippen LogP contribution in [0.2, 0.25) is 0 Å². The number of fused-ring (bicyclic) bond motifs is 8. The van der Waals surface area contributed by atoms with E-state index in [1.54, 1.807) is 7.11 Å². The normalized spacial score (nSPS) is 18.3. The van der Waals surface area contributed by atoms with Crippen LogP contribution in [0.15, 0.2) is 115 Å². The molecule has 0 saturated carbocycles. The number of benzene rings is 6. The zero-order chi connectivity index (χ0) is 28.1. The number of hydrogen-bond acceptors (Lipinski definition) is 4. The molecule has 42 heavy (non-hydrogen) atoms. The molecule has 6 aromatic carbocycles. The van der Waals surface area contributed by atoms with Crippen molar-refractivity contribution in [3.63, 3.8) is 0 Å². The number of hydrogen-bond donors (Lipinski definition) is 0. The smallest absolute Gasteiger partial charge is 0.178 e. The van der Waals surface area contributed by atoms with Crippen molar-refractivity contribution in [3.05, 3.63) is 132 Å². The molecule has 0 aromatic heterocycles. The molecule has 0 amide bonds. The number of nitrogens with zero attached hydrogens (tertiary/aromatic N) is 1. The Balaban J connectivity index is 1.39. The van der Waals surface area contributed by atoms with Gasteiger partial charge < -0.3 is 19.1 Å². The zero-order valence-corrected chi connectivity index (χ0v) is 23.5. The van der Waals surface area contributed by atoms with Gasteiger partial charge in [0.15, 0.2) is 5.60 Å². The quantitative estimate of drug-likeness (QED) is 0.207. The van der Waals surface area contributed by atoms with Crippen molar-refractivity contribution >= 4 is 44.1 Å². The van der Waals surface area contributed by atoms with Crippen molar-refractivity contribution in [1.29, 1.82) is 0 Å². The molecule has 0 spiro atoms. The maximum atomic E-state index is 7.39. The molecule has 1 atom stereocenters. The highest BCUT2D eigenvalue weighted by Gasteiger charge is 2.39. The number of methoxy groups -OCH3 is 1. The molecule has 206 valence electrons. The van der Waals surface area contributed by atoms with Crippen LogP contribution in [-0.4, -0.2) is 33.4 Å². The Labute approximate surface area is 245 Å². The molecule has 0 aliphatic carbocycles. The number of rotatable bonds is 4. The Bertz CT molecular complexity index is 1970. The summed E-state index contributed by atoms with van der Waals surface area (Å²) in [6.07, 6.45) is 4.37. The Morgan fingerprint density at radius 2 is 1.26 bits per heavy atom. The molecule has 1 unspecified atom stereocenters. The molecule has 0 N–H and O–H groups in total. The maximum absolute atomic E-state index is 7.39. The third-order valence-electron chi connectivity index (χ3n) is 8.83. The van der Waals surface area contributed by atoms with E-state index in [1.165, 1.54) is 27.2 Å². The van der Waals surface area contributed by atoms with Crippen LogP contribution >= 0.6 is 0 Å². The second kappa shape index (κ2) is 9.93. The monoisotopic (exact) mass is 549 g/mol. The van der Waals surface area contributed by atoms with E-state index in [9.17, 15) is 0 Å². The van der Waals surface area contributed by atoms with Crippen LogP contribution in [0.5, 0.6) is 11.5 Å². The third kappa shape index (κ3) is 3.79. The summed E-state index contributed by atoms with van der Waals surface area (Å²) in [5.41, 5.74) is 3.50. The van der Waals surface area contributed by atoms with Crippen LogP contribution in [-0.2, 0) is 10.3 Å². The standard InChI is InChI=1S/C38H31NO3/c1-40-35-25-34-31-13-6-5-11-29(31)30-12-7-8-14-32(30)36(34)37-33(35)19-20-38(42-37,26-9-3-2-4-10-26)27-15-17-28(18-16-27)39-21-23-41-24-22-39/h2-20,25H,21-24H2,1H3. The molecule has 4 heteroatoms. The summed E-state index contributed by atoms with van der Waals surface area (Å²) in [5.74, 6) is 1.65. The summed E-state index contributed by atoms with van der Waals surface area (Å²) in [6.45, 7) is 3.32. The lowest BCUT2D eigenvalue weighted by Crippen LogP contribution is -2.36. The van der Waals surface area contributed by atoms with E-state index in [0.717, 1.165) is 65.3 Å². The van der Waals surface area contributed by atoms with Crippen molar-refractivity contribution in [3.8, 4) is 11.5 Å². The van der Waals surface area contributed by atoms with Crippen LogP contribution in [0.1, 0.15) is 16.7 Å². The van der Waals surface area contributed by atoms with E-state index in [-0.39, 0.29) is 0 Å². The van der Waals surface area contributed by atoms with Gasteiger partial charge >= 0.3 is 0 Å².